The van der Waals surface area contributed by atoms with Gasteiger partial charge in [-0.2, -0.15) is 0 Å². The second-order valence-electron chi connectivity index (χ2n) is 23.8. The Kier molecular flexibility index (Phi) is 15.8. The number of carboxylic acid groups (broad SMARTS) is 1. The number of hydrogen-bond donors (Lipinski definition) is 1. The SMILES string of the molecule is C.COC(=O)c1ccc([C@@H](C2CC2)N2C(=O)C(c3cc(F)c(F)c(F)c3)=NC23CCC(C(C)(C)C)CC3)cc1.COc1c(F)cc(C2=NC3(CCC(C(C)(C)C)CC3)N([C@@H](c3ccc(C(=O)O)cc3)C3CC3)C2=O)cc1F. The number of esters is 1. The highest BCUT2D eigenvalue weighted by atomic mass is 19.2. The van der Waals surface area contributed by atoms with Gasteiger partial charge in [0.2, 0.25) is 0 Å². The van der Waals surface area contributed by atoms with Crippen LogP contribution in [0.4, 0.5) is 22.0 Å². The summed E-state index contributed by atoms with van der Waals surface area (Å²) in [5, 5.41) is 9.37. The molecule has 0 unspecified atom stereocenters. The van der Waals surface area contributed by atoms with Gasteiger partial charge in [-0.25, -0.2) is 31.5 Å². The fourth-order valence-corrected chi connectivity index (χ4v) is 12.4. The van der Waals surface area contributed by atoms with Crippen LogP contribution >= 0.6 is 0 Å². The summed E-state index contributed by atoms with van der Waals surface area (Å²) in [5.41, 5.74) is 0.932. The lowest BCUT2D eigenvalue weighted by atomic mass is 9.69. The molecule has 0 saturated heterocycles. The lowest BCUT2D eigenvalue weighted by Gasteiger charge is -2.47. The monoisotopic (exact) mass is 1070 g/mol. The molecule has 4 aromatic rings. The Morgan fingerprint density at radius 1 is 0.584 bits per heavy atom. The number of methoxy groups -OCH3 is 2. The van der Waals surface area contributed by atoms with Crippen molar-refractivity contribution >= 4 is 35.2 Å². The number of hydrogen-bond acceptors (Lipinski definition) is 8. The van der Waals surface area contributed by atoms with Gasteiger partial charge < -0.3 is 24.4 Å². The van der Waals surface area contributed by atoms with Crippen molar-refractivity contribution < 1.29 is 55.7 Å². The van der Waals surface area contributed by atoms with E-state index in [1.165, 1.54) is 14.2 Å². The van der Waals surface area contributed by atoms with Crippen LogP contribution in [0.1, 0.15) is 181 Å². The number of aliphatic imine (C=N–C) groups is 2. The van der Waals surface area contributed by atoms with E-state index in [4.69, 9.17) is 19.5 Å². The van der Waals surface area contributed by atoms with E-state index in [0.29, 0.717) is 43.1 Å². The summed E-state index contributed by atoms with van der Waals surface area (Å²) in [6, 6.07) is 17.1. The Bertz CT molecular complexity index is 2930. The second-order valence-corrected chi connectivity index (χ2v) is 23.8. The summed E-state index contributed by atoms with van der Waals surface area (Å²) >= 11 is 0. The average Bonchev–Trinajstić information content (AvgIpc) is 4.37. The van der Waals surface area contributed by atoms with Gasteiger partial charge in [0.1, 0.15) is 22.7 Å². The molecule has 412 valence electrons. The van der Waals surface area contributed by atoms with Gasteiger partial charge in [-0.1, -0.05) is 73.2 Å². The molecule has 11 nitrogen and oxygen atoms in total. The molecule has 4 aliphatic carbocycles. The van der Waals surface area contributed by atoms with Crippen LogP contribution < -0.4 is 4.74 Å². The molecule has 4 saturated carbocycles. The highest BCUT2D eigenvalue weighted by Crippen LogP contribution is 2.56. The molecule has 0 radical (unpaired) electrons. The number of rotatable bonds is 11. The minimum absolute atomic E-state index is 0. The Labute approximate surface area is 448 Å². The van der Waals surface area contributed by atoms with E-state index < -0.39 is 64.0 Å². The van der Waals surface area contributed by atoms with Crippen LogP contribution in [-0.2, 0) is 14.3 Å². The molecule has 2 aliphatic heterocycles. The lowest BCUT2D eigenvalue weighted by Crippen LogP contribution is -2.52. The number of carbonyl (C=O) groups excluding carboxylic acids is 3. The second kappa shape index (κ2) is 21.4. The van der Waals surface area contributed by atoms with Gasteiger partial charge >= 0.3 is 11.9 Å². The van der Waals surface area contributed by atoms with Gasteiger partial charge in [0.25, 0.3) is 11.8 Å². The molecule has 4 fully saturated rings. The number of carbonyl (C=O) groups is 4. The maximum absolute atomic E-state index is 14.7. The molecular formula is C61H71F5N4O7. The van der Waals surface area contributed by atoms with E-state index in [9.17, 15) is 46.2 Å². The molecule has 2 amide bonds. The third-order valence-electron chi connectivity index (χ3n) is 17.0. The minimum atomic E-state index is -1.57. The van der Waals surface area contributed by atoms with E-state index in [1.54, 1.807) is 36.4 Å². The Morgan fingerprint density at radius 2 is 0.935 bits per heavy atom. The zero-order chi connectivity index (χ0) is 54.8. The van der Waals surface area contributed by atoms with Crippen LogP contribution in [0.2, 0.25) is 0 Å². The van der Waals surface area contributed by atoms with Gasteiger partial charge in [-0.3, -0.25) is 19.6 Å². The van der Waals surface area contributed by atoms with Crippen LogP contribution in [0.3, 0.4) is 0 Å². The van der Waals surface area contributed by atoms with Crippen LogP contribution in [0.5, 0.6) is 5.75 Å². The van der Waals surface area contributed by atoms with E-state index in [1.807, 2.05) is 21.9 Å². The Balaban J connectivity index is 0.000000201. The zero-order valence-corrected chi connectivity index (χ0v) is 44.5. The maximum atomic E-state index is 14.7. The molecule has 1 N–H and O–H groups in total. The van der Waals surface area contributed by atoms with E-state index in [0.717, 1.165) is 86.8 Å². The third-order valence-corrected chi connectivity index (χ3v) is 17.0. The molecular weight excluding hydrogens is 996 g/mol. The molecule has 2 heterocycles. The van der Waals surface area contributed by atoms with Gasteiger partial charge in [-0.15, -0.1) is 0 Å². The van der Waals surface area contributed by atoms with E-state index >= 15 is 0 Å². The lowest BCUT2D eigenvalue weighted by molar-refractivity contribution is -0.135. The number of carboxylic acids is 1. The van der Waals surface area contributed by atoms with Gasteiger partial charge in [-0.05, 0) is 171 Å². The normalized spacial score (nSPS) is 24.2. The highest BCUT2D eigenvalue weighted by molar-refractivity contribution is 6.47. The smallest absolute Gasteiger partial charge is 0.337 e. The van der Waals surface area contributed by atoms with Crippen molar-refractivity contribution in [2.45, 2.75) is 149 Å². The number of benzene rings is 4. The molecule has 0 aromatic heterocycles. The molecule has 2 spiro atoms. The topological polar surface area (TPSA) is 138 Å². The Morgan fingerprint density at radius 3 is 1.25 bits per heavy atom. The molecule has 0 bridgehead atoms. The fourth-order valence-electron chi connectivity index (χ4n) is 12.4. The van der Waals surface area contributed by atoms with Crippen molar-refractivity contribution in [3.8, 4) is 5.75 Å². The zero-order valence-electron chi connectivity index (χ0n) is 44.5. The quantitative estimate of drug-likeness (QED) is 0.0896. The first kappa shape index (κ1) is 56.7. The van der Waals surface area contributed by atoms with E-state index in [2.05, 4.69) is 41.5 Å². The molecule has 77 heavy (non-hydrogen) atoms. The van der Waals surface area contributed by atoms with Crippen LogP contribution in [0.15, 0.2) is 82.8 Å². The maximum Gasteiger partial charge on any atom is 0.337 e. The fraction of sp³-hybridized carbons (Fsp3) is 0.508. The highest BCUT2D eigenvalue weighted by Gasteiger charge is 2.57. The summed E-state index contributed by atoms with van der Waals surface area (Å²) < 4.78 is 81.1. The first-order valence-electron chi connectivity index (χ1n) is 26.5. The Hall–Kier alpha value is -6.45. The summed E-state index contributed by atoms with van der Waals surface area (Å²) in [4.78, 5) is 65.3. The predicted octanol–water partition coefficient (Wildman–Crippen LogP) is 13.6. The van der Waals surface area contributed by atoms with Crippen LogP contribution in [0.25, 0.3) is 0 Å². The van der Waals surface area contributed by atoms with Crippen molar-refractivity contribution in [3.05, 3.63) is 135 Å². The van der Waals surface area contributed by atoms with Gasteiger partial charge in [0.15, 0.2) is 34.8 Å². The average molecular weight is 1070 g/mol. The molecule has 10 rings (SSSR count). The number of aromatic carboxylic acids is 1. The van der Waals surface area contributed by atoms with Crippen molar-refractivity contribution in [1.82, 2.24) is 9.80 Å². The standard InChI is InChI=1S/C30H33F3N2O3.C30H34F2N2O4.CH4/c1-29(2,3)21-11-13-30(14-12-21)34-25(20-15-22(31)24(33)23(32)16-20)27(36)35(30)26(17-5-6-17)18-7-9-19(10-8-18)28(37)38-4;1-29(2,3)21-11-13-30(14-12-21)33-24(20-15-22(31)26(38-4)23(32)16-20)27(35)34(30)25(17-5-6-17)18-7-9-19(10-8-18)28(36)37;/h7-10,15-17,21,26H,5-6,11-14H2,1-4H3;7-10,15-17,21,25H,5-6,11-14H2,1-4H3,(H,36,37);1H4/t21?,26-,30?;21?,25-,30?;/m11./s1. The number of nitrogens with zero attached hydrogens (tertiary/aromatic N) is 4. The summed E-state index contributed by atoms with van der Waals surface area (Å²) in [7, 11) is 2.52. The molecule has 6 aliphatic rings. The van der Waals surface area contributed by atoms with Gasteiger partial charge in [0, 0.05) is 11.1 Å². The summed E-state index contributed by atoms with van der Waals surface area (Å²) in [6.07, 6.45) is 9.78. The molecule has 16 heteroatoms. The number of ether oxygens (including phenoxy) is 2. The van der Waals surface area contributed by atoms with Crippen LogP contribution in [0, 0.1) is 63.6 Å². The van der Waals surface area contributed by atoms with Crippen molar-refractivity contribution in [2.75, 3.05) is 14.2 Å². The third kappa shape index (κ3) is 11.0. The first-order chi connectivity index (χ1) is 35.9. The first-order valence-corrected chi connectivity index (χ1v) is 26.5. The largest absolute Gasteiger partial charge is 0.491 e. The van der Waals surface area contributed by atoms with Crippen LogP contribution in [-0.4, -0.2) is 75.6 Å². The number of amides is 2. The minimum Gasteiger partial charge on any atom is -0.491 e. The molecule has 4 aromatic carbocycles. The number of halogens is 5. The summed E-state index contributed by atoms with van der Waals surface area (Å²) in [6.45, 7) is 13.3. The summed E-state index contributed by atoms with van der Waals surface area (Å²) in [5.74, 6) is -7.41. The van der Waals surface area contributed by atoms with E-state index in [-0.39, 0.29) is 76.2 Å². The van der Waals surface area contributed by atoms with Crippen molar-refractivity contribution in [3.63, 3.8) is 0 Å². The predicted molar refractivity (Wildman–Crippen MR) is 283 cm³/mol. The van der Waals surface area contributed by atoms with Gasteiger partial charge in [0.05, 0.1) is 37.4 Å². The van der Waals surface area contributed by atoms with Crippen molar-refractivity contribution in [1.29, 1.82) is 0 Å². The molecule has 2 atom stereocenters. The van der Waals surface area contributed by atoms with Crippen molar-refractivity contribution in [2.24, 2.45) is 44.5 Å².